The molecule has 1 aliphatic heterocycles. The third-order valence-electron chi connectivity index (χ3n) is 3.18. The summed E-state index contributed by atoms with van der Waals surface area (Å²) in [7, 11) is 0. The molecule has 0 spiro atoms. The minimum Gasteiger partial charge on any atom is -0.381 e. The number of anilines is 1. The third-order valence-corrected chi connectivity index (χ3v) is 3.18. The number of nitrogens with zero attached hydrogens (tertiary/aromatic N) is 1. The first-order valence-electron chi connectivity index (χ1n) is 6.73. The Hall–Kier alpha value is -2.61. The van der Waals surface area contributed by atoms with Crippen molar-refractivity contribution in [1.29, 1.82) is 0 Å². The predicted molar refractivity (Wildman–Crippen MR) is 85.7 cm³/mol. The molecule has 98 valence electrons. The smallest absolute Gasteiger partial charge is 0.0701 e. The Morgan fingerprint density at radius 2 is 1.65 bits per heavy atom. The van der Waals surface area contributed by atoms with Crippen molar-refractivity contribution in [3.8, 4) is 0 Å². The van der Waals surface area contributed by atoms with Gasteiger partial charge in [-0.3, -0.25) is 4.98 Å². The monoisotopic (exact) mass is 260 g/mol. The van der Waals surface area contributed by atoms with Crippen LogP contribution in [0.15, 0.2) is 72.9 Å². The lowest BCUT2D eigenvalue weighted by Crippen LogP contribution is -2.03. The molecule has 2 aromatic carbocycles. The van der Waals surface area contributed by atoms with Crippen LogP contribution >= 0.6 is 0 Å². The van der Waals surface area contributed by atoms with Crippen LogP contribution in [0.25, 0.3) is 17.0 Å². The van der Waals surface area contributed by atoms with E-state index in [0.717, 1.165) is 12.1 Å². The van der Waals surface area contributed by atoms with E-state index >= 15 is 0 Å². The van der Waals surface area contributed by atoms with Crippen molar-refractivity contribution >= 4 is 22.7 Å². The normalized spacial score (nSPS) is 12.0. The highest BCUT2D eigenvalue weighted by atomic mass is 14.9. The standard InChI is InChI=1S/C9H9N.C9H7N/c2*1-2-6-9-8(4-1)5-3-7-10-9/h1-6,10H,7H2;1-7H. The molecule has 0 unspecified atom stereocenters. The van der Waals surface area contributed by atoms with Gasteiger partial charge in [0.2, 0.25) is 0 Å². The summed E-state index contributed by atoms with van der Waals surface area (Å²) in [5.41, 5.74) is 3.59. The zero-order valence-corrected chi connectivity index (χ0v) is 11.2. The summed E-state index contributed by atoms with van der Waals surface area (Å²) in [5.74, 6) is 0. The lowest BCUT2D eigenvalue weighted by atomic mass is 10.1. The molecule has 0 radical (unpaired) electrons. The van der Waals surface area contributed by atoms with Crippen LogP contribution in [0, 0.1) is 0 Å². The summed E-state index contributed by atoms with van der Waals surface area (Å²) >= 11 is 0. The average molecular weight is 260 g/mol. The van der Waals surface area contributed by atoms with Gasteiger partial charge >= 0.3 is 0 Å². The zero-order valence-electron chi connectivity index (χ0n) is 11.2. The topological polar surface area (TPSA) is 24.9 Å². The molecule has 3 aromatic rings. The third kappa shape index (κ3) is 2.86. The second-order valence-corrected chi connectivity index (χ2v) is 4.57. The van der Waals surface area contributed by atoms with Crippen molar-refractivity contribution in [3.05, 3.63) is 78.5 Å². The van der Waals surface area contributed by atoms with Gasteiger partial charge in [-0.15, -0.1) is 0 Å². The second-order valence-electron chi connectivity index (χ2n) is 4.57. The maximum atomic E-state index is 4.18. The molecule has 0 bridgehead atoms. The van der Waals surface area contributed by atoms with Crippen LogP contribution in [-0.4, -0.2) is 11.5 Å². The first kappa shape index (κ1) is 12.4. The van der Waals surface area contributed by atoms with Crippen molar-refractivity contribution in [2.24, 2.45) is 0 Å². The van der Waals surface area contributed by atoms with Crippen molar-refractivity contribution in [3.63, 3.8) is 0 Å². The molecule has 2 nitrogen and oxygen atoms in total. The van der Waals surface area contributed by atoms with Gasteiger partial charge < -0.3 is 5.32 Å². The van der Waals surface area contributed by atoms with Crippen LogP contribution in [0.1, 0.15) is 5.56 Å². The zero-order chi connectivity index (χ0) is 13.6. The highest BCUT2D eigenvalue weighted by Gasteiger charge is 1.98. The number of rotatable bonds is 0. The molecule has 0 fully saturated rings. The van der Waals surface area contributed by atoms with Crippen LogP contribution in [0.3, 0.4) is 0 Å². The number of para-hydroxylation sites is 2. The molecule has 0 amide bonds. The highest BCUT2D eigenvalue weighted by molar-refractivity contribution is 5.77. The van der Waals surface area contributed by atoms with E-state index in [0.29, 0.717) is 0 Å². The number of hydrogen-bond acceptors (Lipinski definition) is 2. The van der Waals surface area contributed by atoms with Crippen molar-refractivity contribution in [2.45, 2.75) is 0 Å². The molecular formula is C18H16N2. The van der Waals surface area contributed by atoms with Gasteiger partial charge in [0.05, 0.1) is 5.52 Å². The molecule has 1 aromatic heterocycles. The fraction of sp³-hybridized carbons (Fsp3) is 0.0556. The Morgan fingerprint density at radius 1 is 0.850 bits per heavy atom. The molecule has 1 aliphatic rings. The lowest BCUT2D eigenvalue weighted by Gasteiger charge is -2.11. The van der Waals surface area contributed by atoms with Crippen LogP contribution in [-0.2, 0) is 0 Å². The summed E-state index contributed by atoms with van der Waals surface area (Å²) in [6.07, 6.45) is 6.08. The Labute approximate surface area is 118 Å². The maximum Gasteiger partial charge on any atom is 0.0701 e. The van der Waals surface area contributed by atoms with Crippen LogP contribution in [0.2, 0.25) is 0 Å². The van der Waals surface area contributed by atoms with Crippen molar-refractivity contribution in [1.82, 2.24) is 4.98 Å². The molecule has 0 aliphatic carbocycles. The summed E-state index contributed by atoms with van der Waals surface area (Å²) < 4.78 is 0. The summed E-state index contributed by atoms with van der Waals surface area (Å²) in [4.78, 5) is 4.18. The van der Waals surface area contributed by atoms with Gasteiger partial charge in [0, 0.05) is 23.8 Å². The van der Waals surface area contributed by atoms with Crippen molar-refractivity contribution < 1.29 is 0 Å². The first-order valence-corrected chi connectivity index (χ1v) is 6.73. The van der Waals surface area contributed by atoms with E-state index in [1.54, 1.807) is 0 Å². The number of fused-ring (bicyclic) bond motifs is 2. The highest BCUT2D eigenvalue weighted by Crippen LogP contribution is 2.18. The number of pyridine rings is 1. The number of benzene rings is 2. The fourth-order valence-corrected chi connectivity index (χ4v) is 2.17. The van der Waals surface area contributed by atoms with Gasteiger partial charge in [-0.1, -0.05) is 54.6 Å². The van der Waals surface area contributed by atoms with Gasteiger partial charge in [0.15, 0.2) is 0 Å². The Kier molecular flexibility index (Phi) is 3.74. The van der Waals surface area contributed by atoms with E-state index in [2.05, 4.69) is 52.8 Å². The van der Waals surface area contributed by atoms with Crippen LogP contribution < -0.4 is 5.32 Å². The van der Waals surface area contributed by atoms with Crippen LogP contribution in [0.4, 0.5) is 5.69 Å². The summed E-state index contributed by atoms with van der Waals surface area (Å²) in [6.45, 7) is 0.955. The second kappa shape index (κ2) is 6.02. The Balaban J connectivity index is 0.000000121. The van der Waals surface area contributed by atoms with E-state index < -0.39 is 0 Å². The molecule has 0 atom stereocenters. The molecule has 0 saturated carbocycles. The molecular weight excluding hydrogens is 244 g/mol. The molecule has 0 saturated heterocycles. The largest absolute Gasteiger partial charge is 0.381 e. The van der Waals surface area contributed by atoms with E-state index in [-0.39, 0.29) is 0 Å². The quantitative estimate of drug-likeness (QED) is 0.649. The van der Waals surface area contributed by atoms with Gasteiger partial charge in [-0.25, -0.2) is 0 Å². The Bertz CT molecular complexity index is 667. The molecule has 1 N–H and O–H groups in total. The van der Waals surface area contributed by atoms with Gasteiger partial charge in [-0.05, 0) is 23.8 Å². The minimum absolute atomic E-state index is 0.955. The predicted octanol–water partition coefficient (Wildman–Crippen LogP) is 4.36. The molecule has 4 rings (SSSR count). The summed E-state index contributed by atoms with van der Waals surface area (Å²) in [6, 6.07) is 20.4. The average Bonchev–Trinajstić information content (AvgIpc) is 2.56. The molecule has 20 heavy (non-hydrogen) atoms. The Morgan fingerprint density at radius 3 is 2.55 bits per heavy atom. The van der Waals surface area contributed by atoms with Gasteiger partial charge in [-0.2, -0.15) is 0 Å². The number of hydrogen-bond donors (Lipinski definition) is 1. The van der Waals surface area contributed by atoms with Gasteiger partial charge in [0.1, 0.15) is 0 Å². The van der Waals surface area contributed by atoms with E-state index in [4.69, 9.17) is 0 Å². The van der Waals surface area contributed by atoms with Gasteiger partial charge in [0.25, 0.3) is 0 Å². The summed E-state index contributed by atoms with van der Waals surface area (Å²) in [5, 5.41) is 4.47. The van der Waals surface area contributed by atoms with E-state index in [1.807, 2.05) is 36.5 Å². The van der Waals surface area contributed by atoms with E-state index in [1.165, 1.54) is 16.6 Å². The number of nitrogens with one attached hydrogen (secondary N) is 1. The minimum atomic E-state index is 0.955. The van der Waals surface area contributed by atoms with E-state index in [9.17, 15) is 0 Å². The lowest BCUT2D eigenvalue weighted by molar-refractivity contribution is 1.31. The fourth-order valence-electron chi connectivity index (χ4n) is 2.17. The van der Waals surface area contributed by atoms with Crippen molar-refractivity contribution in [2.75, 3.05) is 11.9 Å². The SMILES string of the molecule is C1=Cc2ccccc2NC1.c1ccc2ncccc2c1. The molecule has 2 heteroatoms. The molecule has 2 heterocycles. The maximum absolute atomic E-state index is 4.18. The first-order chi connectivity index (χ1) is 9.93. The number of aromatic nitrogens is 1. The van der Waals surface area contributed by atoms with Crippen LogP contribution in [0.5, 0.6) is 0 Å².